The fourth-order valence-electron chi connectivity index (χ4n) is 1.93. The van der Waals surface area contributed by atoms with Gasteiger partial charge in [0.05, 0.1) is 10.6 Å². The Morgan fingerprint density at radius 2 is 1.45 bits per heavy atom. The Morgan fingerprint density at radius 3 is 2.00 bits per heavy atom. The molecular weight excluding hydrogens is 270 g/mol. The summed E-state index contributed by atoms with van der Waals surface area (Å²) in [5, 5.41) is 0. The molecule has 106 valence electrons. The molecule has 0 aliphatic heterocycles. The Morgan fingerprint density at radius 1 is 0.850 bits per heavy atom. The maximum Gasteiger partial charge on any atom is 0.264 e. The highest BCUT2D eigenvalue weighted by atomic mass is 32.2. The summed E-state index contributed by atoms with van der Waals surface area (Å²) in [6.45, 7) is 5.92. The molecule has 0 aliphatic carbocycles. The van der Waals surface area contributed by atoms with Crippen molar-refractivity contribution in [2.45, 2.75) is 25.7 Å². The Bertz CT molecular complexity index is 719. The average molecular weight is 289 g/mol. The van der Waals surface area contributed by atoms with Crippen LogP contribution in [0.15, 0.2) is 47.4 Å². The van der Waals surface area contributed by atoms with Crippen LogP contribution in [0.2, 0.25) is 0 Å². The minimum absolute atomic E-state index is 0.309. The van der Waals surface area contributed by atoms with Crippen molar-refractivity contribution in [3.05, 3.63) is 59.2 Å². The lowest BCUT2D eigenvalue weighted by molar-refractivity contribution is 0.594. The maximum atomic E-state index is 12.6. The van der Waals surface area contributed by atoms with Crippen LogP contribution in [-0.4, -0.2) is 15.5 Å². The highest BCUT2D eigenvalue weighted by Gasteiger charge is 2.21. The van der Waals surface area contributed by atoms with E-state index >= 15 is 0 Å². The van der Waals surface area contributed by atoms with E-state index in [1.54, 1.807) is 31.3 Å². The number of nitrogens with zero attached hydrogens (tertiary/aromatic N) is 1. The fourth-order valence-corrected chi connectivity index (χ4v) is 3.12. The van der Waals surface area contributed by atoms with E-state index < -0.39 is 10.0 Å². The first-order chi connectivity index (χ1) is 9.32. The molecular formula is C16H19NO2S. The van der Waals surface area contributed by atoms with Crippen LogP contribution in [0.1, 0.15) is 16.7 Å². The van der Waals surface area contributed by atoms with Gasteiger partial charge in [-0.3, -0.25) is 4.31 Å². The van der Waals surface area contributed by atoms with Crippen molar-refractivity contribution in [1.82, 2.24) is 0 Å². The third-order valence-electron chi connectivity index (χ3n) is 3.53. The molecule has 4 heteroatoms. The van der Waals surface area contributed by atoms with Gasteiger partial charge in [0.2, 0.25) is 0 Å². The molecule has 2 rings (SSSR count). The fraction of sp³-hybridized carbons (Fsp3) is 0.250. The monoisotopic (exact) mass is 289 g/mol. The molecule has 0 fully saturated rings. The van der Waals surface area contributed by atoms with Crippen molar-refractivity contribution < 1.29 is 8.42 Å². The molecule has 0 saturated heterocycles. The summed E-state index contributed by atoms with van der Waals surface area (Å²) in [7, 11) is -1.92. The van der Waals surface area contributed by atoms with Gasteiger partial charge < -0.3 is 0 Å². The van der Waals surface area contributed by atoms with Crippen LogP contribution in [0, 0.1) is 20.8 Å². The van der Waals surface area contributed by atoms with E-state index in [1.807, 2.05) is 39.0 Å². The normalized spacial score (nSPS) is 11.4. The van der Waals surface area contributed by atoms with E-state index in [9.17, 15) is 8.42 Å². The van der Waals surface area contributed by atoms with Gasteiger partial charge in [0.15, 0.2) is 0 Å². The van der Waals surface area contributed by atoms with Crippen molar-refractivity contribution in [3.63, 3.8) is 0 Å². The van der Waals surface area contributed by atoms with Gasteiger partial charge in [-0.15, -0.1) is 0 Å². The number of aryl methyl sites for hydroxylation is 3. The lowest BCUT2D eigenvalue weighted by Gasteiger charge is -2.20. The van der Waals surface area contributed by atoms with E-state index in [-0.39, 0.29) is 0 Å². The summed E-state index contributed by atoms with van der Waals surface area (Å²) < 4.78 is 26.5. The van der Waals surface area contributed by atoms with Crippen LogP contribution in [-0.2, 0) is 10.0 Å². The zero-order chi connectivity index (χ0) is 14.9. The zero-order valence-electron chi connectivity index (χ0n) is 12.2. The second-order valence-corrected chi connectivity index (χ2v) is 7.02. The van der Waals surface area contributed by atoms with Crippen molar-refractivity contribution in [3.8, 4) is 0 Å². The molecule has 20 heavy (non-hydrogen) atoms. The Kier molecular flexibility index (Phi) is 3.86. The van der Waals surface area contributed by atoms with Gasteiger partial charge in [0, 0.05) is 7.05 Å². The lowest BCUT2D eigenvalue weighted by Crippen LogP contribution is -2.26. The average Bonchev–Trinajstić information content (AvgIpc) is 2.41. The van der Waals surface area contributed by atoms with E-state index in [4.69, 9.17) is 0 Å². The molecule has 0 bridgehead atoms. The Hall–Kier alpha value is -1.81. The van der Waals surface area contributed by atoms with Gasteiger partial charge in [-0.2, -0.15) is 0 Å². The SMILES string of the molecule is Cc1ccc(S(=O)(=O)N(C)c2ccc(C)c(C)c2)cc1. The summed E-state index contributed by atoms with van der Waals surface area (Å²) in [6, 6.07) is 12.5. The van der Waals surface area contributed by atoms with Gasteiger partial charge in [0.1, 0.15) is 0 Å². The topological polar surface area (TPSA) is 37.4 Å². The summed E-state index contributed by atoms with van der Waals surface area (Å²) in [6.07, 6.45) is 0. The first-order valence-electron chi connectivity index (χ1n) is 6.45. The van der Waals surface area contributed by atoms with E-state index in [0.717, 1.165) is 16.7 Å². The highest BCUT2D eigenvalue weighted by molar-refractivity contribution is 7.92. The van der Waals surface area contributed by atoms with E-state index in [2.05, 4.69) is 0 Å². The summed E-state index contributed by atoms with van der Waals surface area (Å²) in [4.78, 5) is 0.309. The van der Waals surface area contributed by atoms with Crippen LogP contribution in [0.25, 0.3) is 0 Å². The molecule has 0 atom stereocenters. The largest absolute Gasteiger partial charge is 0.269 e. The molecule has 0 saturated carbocycles. The van der Waals surface area contributed by atoms with Crippen LogP contribution >= 0.6 is 0 Å². The number of rotatable bonds is 3. The number of sulfonamides is 1. The molecule has 0 spiro atoms. The molecule has 0 radical (unpaired) electrons. The van der Waals surface area contributed by atoms with Gasteiger partial charge in [-0.05, 0) is 56.2 Å². The second kappa shape index (κ2) is 5.29. The molecule has 2 aromatic rings. The predicted molar refractivity (Wildman–Crippen MR) is 82.7 cm³/mol. The van der Waals surface area contributed by atoms with Crippen LogP contribution < -0.4 is 4.31 Å². The molecule has 0 heterocycles. The van der Waals surface area contributed by atoms with Gasteiger partial charge in [-0.25, -0.2) is 8.42 Å². The molecule has 0 unspecified atom stereocenters. The third kappa shape index (κ3) is 2.70. The number of benzene rings is 2. The second-order valence-electron chi connectivity index (χ2n) is 5.05. The standard InChI is InChI=1S/C16H19NO2S/c1-12-5-9-16(10-6-12)20(18,19)17(4)15-8-7-13(2)14(3)11-15/h5-11H,1-4H3. The summed E-state index contributed by atoms with van der Waals surface area (Å²) in [5.74, 6) is 0. The molecule has 0 aromatic heterocycles. The Balaban J connectivity index is 2.42. The first kappa shape index (κ1) is 14.6. The third-order valence-corrected chi connectivity index (χ3v) is 5.33. The number of anilines is 1. The van der Waals surface area contributed by atoms with Crippen LogP contribution in [0.4, 0.5) is 5.69 Å². The van der Waals surface area contributed by atoms with Crippen LogP contribution in [0.5, 0.6) is 0 Å². The van der Waals surface area contributed by atoms with Gasteiger partial charge >= 0.3 is 0 Å². The molecule has 0 N–H and O–H groups in total. The van der Waals surface area contributed by atoms with Crippen molar-refractivity contribution in [2.24, 2.45) is 0 Å². The predicted octanol–water partition coefficient (Wildman–Crippen LogP) is 3.44. The zero-order valence-corrected chi connectivity index (χ0v) is 13.0. The molecule has 0 aliphatic rings. The molecule has 3 nitrogen and oxygen atoms in total. The minimum atomic E-state index is -3.51. The number of hydrogen-bond acceptors (Lipinski definition) is 2. The number of hydrogen-bond donors (Lipinski definition) is 0. The first-order valence-corrected chi connectivity index (χ1v) is 7.89. The lowest BCUT2D eigenvalue weighted by atomic mass is 10.1. The van der Waals surface area contributed by atoms with Crippen molar-refractivity contribution in [1.29, 1.82) is 0 Å². The quantitative estimate of drug-likeness (QED) is 0.868. The minimum Gasteiger partial charge on any atom is -0.269 e. The molecule has 0 amide bonds. The van der Waals surface area contributed by atoms with E-state index in [1.165, 1.54) is 4.31 Å². The van der Waals surface area contributed by atoms with Crippen molar-refractivity contribution >= 4 is 15.7 Å². The van der Waals surface area contributed by atoms with Crippen molar-refractivity contribution in [2.75, 3.05) is 11.4 Å². The summed E-state index contributed by atoms with van der Waals surface area (Å²) >= 11 is 0. The van der Waals surface area contributed by atoms with Gasteiger partial charge in [0.25, 0.3) is 10.0 Å². The highest BCUT2D eigenvalue weighted by Crippen LogP contribution is 2.24. The Labute approximate surface area is 120 Å². The van der Waals surface area contributed by atoms with Gasteiger partial charge in [-0.1, -0.05) is 23.8 Å². The van der Waals surface area contributed by atoms with Crippen LogP contribution in [0.3, 0.4) is 0 Å². The van der Waals surface area contributed by atoms with E-state index in [0.29, 0.717) is 10.6 Å². The maximum absolute atomic E-state index is 12.6. The summed E-state index contributed by atoms with van der Waals surface area (Å²) in [5.41, 5.74) is 3.94. The molecule has 2 aromatic carbocycles. The smallest absolute Gasteiger partial charge is 0.264 e.